The van der Waals surface area contributed by atoms with Gasteiger partial charge in [-0.15, -0.1) is 0 Å². The van der Waals surface area contributed by atoms with Crippen molar-refractivity contribution in [1.29, 1.82) is 0 Å². The van der Waals surface area contributed by atoms with Crippen LogP contribution >= 0.6 is 11.3 Å². The molecule has 1 fully saturated rings. The van der Waals surface area contributed by atoms with Gasteiger partial charge < -0.3 is 19.3 Å². The number of hydrogen-bond acceptors (Lipinski definition) is 9. The molecule has 1 saturated heterocycles. The minimum absolute atomic E-state index is 0.00330. The van der Waals surface area contributed by atoms with E-state index in [1.807, 2.05) is 6.92 Å². The highest BCUT2D eigenvalue weighted by Gasteiger charge is 2.48. The van der Waals surface area contributed by atoms with E-state index in [-0.39, 0.29) is 27.4 Å². The lowest BCUT2D eigenvalue weighted by Crippen LogP contribution is -2.29. The normalized spacial score (nSPS) is 19.4. The van der Waals surface area contributed by atoms with E-state index in [9.17, 15) is 19.5 Å². The zero-order valence-corrected chi connectivity index (χ0v) is 24.4. The fourth-order valence-electron chi connectivity index (χ4n) is 5.02. The number of amides is 1. The molecular formula is C31H32N2O7S. The number of aryl methyl sites for hydroxylation is 1. The molecule has 2 atom stereocenters. The van der Waals surface area contributed by atoms with Crippen molar-refractivity contribution < 1.29 is 33.7 Å². The zero-order valence-electron chi connectivity index (χ0n) is 23.6. The highest BCUT2D eigenvalue weighted by atomic mass is 32.1. The highest BCUT2D eigenvalue weighted by Crippen LogP contribution is 2.45. The number of ether oxygens (including phenoxy) is 3. The molecule has 2 aromatic carbocycles. The maximum Gasteiger partial charge on any atom is 0.350 e. The Morgan fingerprint density at radius 3 is 2.73 bits per heavy atom. The minimum Gasteiger partial charge on any atom is -0.507 e. The number of aliphatic hydroxyl groups excluding tert-OH is 1. The molecule has 10 heteroatoms. The number of carbonyl (C=O) groups is 3. The van der Waals surface area contributed by atoms with Gasteiger partial charge in [-0.05, 0) is 67.6 Å². The summed E-state index contributed by atoms with van der Waals surface area (Å²) in [5, 5.41) is 11.7. The standard InChI is InChI=1S/C31H32N2O7S/c1-16(2)11-12-39-22-8-6-7-19(15-22)25-24(26(34)20-9-10-23-21(14-20)13-17(3)40-23)27(35)29(36)33(25)31-32-18(4)28(41-31)30(37)38-5/h6-10,14-17,25,34H,11-13H2,1-5H3/t17-,25-/m0/s1. The monoisotopic (exact) mass is 576 g/mol. The molecule has 0 aliphatic carbocycles. The van der Waals surface area contributed by atoms with Gasteiger partial charge in [0, 0.05) is 12.0 Å². The molecule has 2 aliphatic heterocycles. The fraction of sp³-hybridized carbons (Fsp3) is 0.355. The summed E-state index contributed by atoms with van der Waals surface area (Å²) >= 11 is 0.956. The van der Waals surface area contributed by atoms with E-state index in [0.717, 1.165) is 29.1 Å². The van der Waals surface area contributed by atoms with Crippen LogP contribution in [0.5, 0.6) is 11.5 Å². The van der Waals surface area contributed by atoms with E-state index >= 15 is 0 Å². The van der Waals surface area contributed by atoms with Crippen LogP contribution in [0.15, 0.2) is 48.0 Å². The lowest BCUT2D eigenvalue weighted by molar-refractivity contribution is -0.132. The summed E-state index contributed by atoms with van der Waals surface area (Å²) in [5.41, 5.74) is 2.16. The van der Waals surface area contributed by atoms with E-state index < -0.39 is 23.7 Å². The maximum atomic E-state index is 13.6. The number of hydrogen-bond donors (Lipinski definition) is 1. The van der Waals surface area contributed by atoms with Crippen LogP contribution in [0.1, 0.15) is 65.3 Å². The van der Waals surface area contributed by atoms with E-state index in [4.69, 9.17) is 14.2 Å². The molecular weight excluding hydrogens is 544 g/mol. The second-order valence-electron chi connectivity index (χ2n) is 10.6. The van der Waals surface area contributed by atoms with Crippen LogP contribution < -0.4 is 14.4 Å². The van der Waals surface area contributed by atoms with Crippen LogP contribution in [0.3, 0.4) is 0 Å². The second kappa shape index (κ2) is 11.4. The molecule has 9 nitrogen and oxygen atoms in total. The molecule has 1 aromatic heterocycles. The molecule has 0 unspecified atom stereocenters. The van der Waals surface area contributed by atoms with Crippen LogP contribution in [0.25, 0.3) is 5.76 Å². The number of fused-ring (bicyclic) bond motifs is 1. The maximum absolute atomic E-state index is 13.6. The van der Waals surface area contributed by atoms with Gasteiger partial charge in [0.25, 0.3) is 5.78 Å². The van der Waals surface area contributed by atoms with E-state index in [1.54, 1.807) is 49.4 Å². The summed E-state index contributed by atoms with van der Waals surface area (Å²) in [6, 6.07) is 11.3. The molecule has 3 aromatic rings. The average Bonchev–Trinajstić information content (AvgIpc) is 3.59. The first-order valence-electron chi connectivity index (χ1n) is 13.5. The van der Waals surface area contributed by atoms with Gasteiger partial charge in [0.2, 0.25) is 0 Å². The molecule has 3 heterocycles. The molecule has 1 amide bonds. The average molecular weight is 577 g/mol. The van der Waals surface area contributed by atoms with Crippen molar-refractivity contribution in [3.8, 4) is 11.5 Å². The first-order chi connectivity index (χ1) is 19.6. The predicted molar refractivity (Wildman–Crippen MR) is 155 cm³/mol. The molecule has 5 rings (SSSR count). The third kappa shape index (κ3) is 5.44. The summed E-state index contributed by atoms with van der Waals surface area (Å²) in [6.45, 7) is 8.31. The number of rotatable bonds is 8. The molecule has 214 valence electrons. The number of benzene rings is 2. The van der Waals surface area contributed by atoms with Crippen LogP contribution in [-0.2, 0) is 20.7 Å². The van der Waals surface area contributed by atoms with E-state index in [0.29, 0.717) is 41.5 Å². The summed E-state index contributed by atoms with van der Waals surface area (Å²) in [5.74, 6) is -0.834. The van der Waals surface area contributed by atoms with Gasteiger partial charge in [0.05, 0.1) is 31.0 Å². The number of thiazole rings is 1. The number of methoxy groups -OCH3 is 1. The lowest BCUT2D eigenvalue weighted by Gasteiger charge is -2.23. The van der Waals surface area contributed by atoms with Crippen LogP contribution in [0.4, 0.5) is 5.13 Å². The number of Topliss-reactive ketones (excluding diaryl/α,β-unsaturated/α-hetero) is 1. The number of esters is 1. The zero-order chi connectivity index (χ0) is 29.4. The van der Waals surface area contributed by atoms with Gasteiger partial charge in [-0.3, -0.25) is 14.5 Å². The van der Waals surface area contributed by atoms with Crippen LogP contribution in [0.2, 0.25) is 0 Å². The summed E-state index contributed by atoms with van der Waals surface area (Å²) in [7, 11) is 1.26. The van der Waals surface area contributed by atoms with Crippen molar-refractivity contribution >= 4 is 39.9 Å². The Hall–Kier alpha value is -4.18. The highest BCUT2D eigenvalue weighted by molar-refractivity contribution is 7.17. The molecule has 1 N–H and O–H groups in total. The van der Waals surface area contributed by atoms with Crippen molar-refractivity contribution in [3.63, 3.8) is 0 Å². The Morgan fingerprint density at radius 1 is 1.22 bits per heavy atom. The Morgan fingerprint density at radius 2 is 2.00 bits per heavy atom. The second-order valence-corrected chi connectivity index (χ2v) is 11.6. The van der Waals surface area contributed by atoms with Gasteiger partial charge in [-0.2, -0.15) is 0 Å². The molecule has 2 aliphatic rings. The summed E-state index contributed by atoms with van der Waals surface area (Å²) < 4.78 is 16.6. The first kappa shape index (κ1) is 28.4. The van der Waals surface area contributed by atoms with Crippen molar-refractivity contribution in [2.75, 3.05) is 18.6 Å². The van der Waals surface area contributed by atoms with Gasteiger partial charge in [-0.25, -0.2) is 9.78 Å². The topological polar surface area (TPSA) is 115 Å². The Kier molecular flexibility index (Phi) is 7.86. The van der Waals surface area contributed by atoms with Gasteiger partial charge in [0.15, 0.2) is 5.13 Å². The Balaban J connectivity index is 1.64. The number of aliphatic hydroxyl groups is 1. The lowest BCUT2D eigenvalue weighted by atomic mass is 9.94. The number of ketones is 1. The molecule has 0 saturated carbocycles. The van der Waals surface area contributed by atoms with E-state index in [1.165, 1.54) is 12.0 Å². The summed E-state index contributed by atoms with van der Waals surface area (Å²) in [4.78, 5) is 45.4. The molecule has 0 bridgehead atoms. The number of nitrogens with zero attached hydrogens (tertiary/aromatic N) is 2. The number of anilines is 1. The minimum atomic E-state index is -1.01. The van der Waals surface area contributed by atoms with Crippen molar-refractivity contribution in [2.45, 2.75) is 52.7 Å². The Labute approximate surface area is 242 Å². The fourth-order valence-corrected chi connectivity index (χ4v) is 6.04. The molecule has 41 heavy (non-hydrogen) atoms. The first-order valence-corrected chi connectivity index (χ1v) is 14.3. The Bertz CT molecular complexity index is 1560. The quantitative estimate of drug-likeness (QED) is 0.159. The van der Waals surface area contributed by atoms with Gasteiger partial charge in [-0.1, -0.05) is 37.3 Å². The van der Waals surface area contributed by atoms with Crippen LogP contribution in [0, 0.1) is 12.8 Å². The largest absolute Gasteiger partial charge is 0.507 e. The van der Waals surface area contributed by atoms with Gasteiger partial charge >= 0.3 is 11.9 Å². The SMILES string of the molecule is COC(=O)c1sc(N2C(=O)C(=O)C(=C(O)c3ccc4c(c3)C[C@H](C)O4)[C@@H]2c2cccc(OCCC(C)C)c2)nc1C. The van der Waals surface area contributed by atoms with Crippen LogP contribution in [-0.4, -0.2) is 47.6 Å². The number of carbonyl (C=O) groups excluding carboxylic acids is 3. The molecule has 0 radical (unpaired) electrons. The van der Waals surface area contributed by atoms with E-state index in [2.05, 4.69) is 18.8 Å². The van der Waals surface area contributed by atoms with Crippen molar-refractivity contribution in [1.82, 2.24) is 4.98 Å². The number of aromatic nitrogens is 1. The van der Waals surface area contributed by atoms with Crippen molar-refractivity contribution in [2.24, 2.45) is 5.92 Å². The van der Waals surface area contributed by atoms with Gasteiger partial charge in [0.1, 0.15) is 28.2 Å². The third-order valence-corrected chi connectivity index (χ3v) is 8.25. The molecule has 0 spiro atoms. The predicted octanol–water partition coefficient (Wildman–Crippen LogP) is 5.61. The third-order valence-electron chi connectivity index (χ3n) is 7.11. The van der Waals surface area contributed by atoms with Crippen molar-refractivity contribution in [3.05, 3.63) is 75.3 Å². The smallest absolute Gasteiger partial charge is 0.350 e. The summed E-state index contributed by atoms with van der Waals surface area (Å²) in [6.07, 6.45) is 1.53.